The van der Waals surface area contributed by atoms with Crippen molar-refractivity contribution in [3.8, 4) is 0 Å². The molecule has 1 unspecified atom stereocenters. The highest BCUT2D eigenvalue weighted by atomic mass is 16.3. The summed E-state index contributed by atoms with van der Waals surface area (Å²) in [6, 6.07) is 0.730. The van der Waals surface area contributed by atoms with E-state index in [-0.39, 0.29) is 6.10 Å². The van der Waals surface area contributed by atoms with Crippen LogP contribution in [0.15, 0.2) is 0 Å². The van der Waals surface area contributed by atoms with Crippen LogP contribution in [0.5, 0.6) is 0 Å². The molecule has 2 atom stereocenters. The molecular formula is C10H21NO. The first kappa shape index (κ1) is 10.0. The summed E-state index contributed by atoms with van der Waals surface area (Å²) >= 11 is 0. The Morgan fingerprint density at radius 3 is 2.83 bits per heavy atom. The van der Waals surface area contributed by atoms with Crippen LogP contribution in [0, 0.1) is 0 Å². The fourth-order valence-corrected chi connectivity index (χ4v) is 1.94. The first-order valence-corrected chi connectivity index (χ1v) is 5.08. The molecule has 12 heavy (non-hydrogen) atoms. The van der Waals surface area contributed by atoms with Crippen molar-refractivity contribution in [2.75, 3.05) is 13.6 Å². The van der Waals surface area contributed by atoms with Crippen LogP contribution in [0.25, 0.3) is 0 Å². The van der Waals surface area contributed by atoms with Crippen molar-refractivity contribution in [3.05, 3.63) is 0 Å². The molecule has 0 radical (unpaired) electrons. The summed E-state index contributed by atoms with van der Waals surface area (Å²) in [4.78, 5) is 2.44. The highest BCUT2D eigenvalue weighted by Crippen LogP contribution is 2.19. The fraction of sp³-hybridized carbons (Fsp3) is 1.00. The number of rotatable bonds is 3. The summed E-state index contributed by atoms with van der Waals surface area (Å²) in [6.07, 6.45) is 6.03. The third kappa shape index (κ3) is 3.11. The van der Waals surface area contributed by atoms with Crippen molar-refractivity contribution in [1.82, 2.24) is 4.90 Å². The monoisotopic (exact) mass is 171 g/mol. The van der Waals surface area contributed by atoms with Crippen LogP contribution >= 0.6 is 0 Å². The van der Waals surface area contributed by atoms with Crippen molar-refractivity contribution in [3.63, 3.8) is 0 Å². The van der Waals surface area contributed by atoms with Crippen molar-refractivity contribution in [1.29, 1.82) is 0 Å². The van der Waals surface area contributed by atoms with Gasteiger partial charge in [-0.1, -0.05) is 6.42 Å². The van der Waals surface area contributed by atoms with Gasteiger partial charge >= 0.3 is 0 Å². The van der Waals surface area contributed by atoms with Gasteiger partial charge in [0.2, 0.25) is 0 Å². The molecule has 1 aliphatic heterocycles. The average Bonchev–Trinajstić information content (AvgIpc) is 2.03. The molecule has 0 bridgehead atoms. The van der Waals surface area contributed by atoms with Gasteiger partial charge in [0.05, 0.1) is 6.10 Å². The minimum absolute atomic E-state index is 0.125. The standard InChI is InChI=1S/C10H21NO/c1-9(12)6-7-10-5-3-4-8-11(10)2/h9-10,12H,3-8H2,1-2H3/t9-,10?/m0/s1. The molecule has 0 aromatic rings. The van der Waals surface area contributed by atoms with Gasteiger partial charge in [-0.3, -0.25) is 0 Å². The Labute approximate surface area is 75.6 Å². The number of hydrogen-bond donors (Lipinski definition) is 1. The maximum absolute atomic E-state index is 9.15. The number of aliphatic hydroxyl groups is 1. The van der Waals surface area contributed by atoms with Crippen molar-refractivity contribution < 1.29 is 5.11 Å². The lowest BCUT2D eigenvalue weighted by Gasteiger charge is -2.32. The van der Waals surface area contributed by atoms with E-state index in [0.717, 1.165) is 18.9 Å². The molecule has 1 rings (SSSR count). The third-order valence-corrected chi connectivity index (χ3v) is 2.84. The van der Waals surface area contributed by atoms with Crippen LogP contribution in [0.2, 0.25) is 0 Å². The Kier molecular flexibility index (Phi) is 4.02. The maximum atomic E-state index is 9.15. The van der Waals surface area contributed by atoms with Gasteiger partial charge in [-0.2, -0.15) is 0 Å². The smallest absolute Gasteiger partial charge is 0.0512 e. The lowest BCUT2D eigenvalue weighted by Crippen LogP contribution is -2.36. The van der Waals surface area contributed by atoms with Crippen LogP contribution in [0.3, 0.4) is 0 Å². The molecule has 0 spiro atoms. The third-order valence-electron chi connectivity index (χ3n) is 2.84. The van der Waals surface area contributed by atoms with E-state index in [4.69, 9.17) is 5.11 Å². The maximum Gasteiger partial charge on any atom is 0.0512 e. The molecule has 0 saturated carbocycles. The van der Waals surface area contributed by atoms with E-state index in [0.29, 0.717) is 0 Å². The molecule has 1 fully saturated rings. The summed E-state index contributed by atoms with van der Waals surface area (Å²) in [6.45, 7) is 3.12. The fourth-order valence-electron chi connectivity index (χ4n) is 1.94. The highest BCUT2D eigenvalue weighted by Gasteiger charge is 2.18. The van der Waals surface area contributed by atoms with Gasteiger partial charge in [-0.25, -0.2) is 0 Å². The average molecular weight is 171 g/mol. The van der Waals surface area contributed by atoms with Crippen molar-refractivity contribution in [2.24, 2.45) is 0 Å². The van der Waals surface area contributed by atoms with Gasteiger partial charge in [-0.05, 0) is 46.2 Å². The molecule has 0 aromatic heterocycles. The molecule has 1 N–H and O–H groups in total. The summed E-state index contributed by atoms with van der Waals surface area (Å²) in [5, 5.41) is 9.15. The van der Waals surface area contributed by atoms with Gasteiger partial charge < -0.3 is 10.0 Å². The van der Waals surface area contributed by atoms with Crippen molar-refractivity contribution in [2.45, 2.75) is 51.2 Å². The van der Waals surface area contributed by atoms with E-state index in [2.05, 4.69) is 11.9 Å². The first-order valence-electron chi connectivity index (χ1n) is 5.08. The predicted molar refractivity (Wildman–Crippen MR) is 51.2 cm³/mol. The molecule has 1 aliphatic rings. The van der Waals surface area contributed by atoms with E-state index >= 15 is 0 Å². The second-order valence-corrected chi connectivity index (χ2v) is 4.06. The lowest BCUT2D eigenvalue weighted by molar-refractivity contribution is 0.134. The first-order chi connectivity index (χ1) is 5.70. The molecule has 0 aliphatic carbocycles. The second kappa shape index (κ2) is 4.83. The number of aliphatic hydroxyl groups excluding tert-OH is 1. The quantitative estimate of drug-likeness (QED) is 0.697. The van der Waals surface area contributed by atoms with Crippen LogP contribution in [-0.2, 0) is 0 Å². The predicted octanol–water partition coefficient (Wildman–Crippen LogP) is 1.63. The number of likely N-dealkylation sites (tertiary alicyclic amines) is 1. The minimum atomic E-state index is -0.125. The zero-order valence-corrected chi connectivity index (χ0v) is 8.29. The molecule has 1 saturated heterocycles. The van der Waals surface area contributed by atoms with Crippen molar-refractivity contribution >= 4 is 0 Å². The minimum Gasteiger partial charge on any atom is -0.393 e. The Morgan fingerprint density at radius 1 is 1.50 bits per heavy atom. The largest absolute Gasteiger partial charge is 0.393 e. The van der Waals surface area contributed by atoms with E-state index in [1.807, 2.05) is 6.92 Å². The number of piperidine rings is 1. The van der Waals surface area contributed by atoms with Crippen LogP contribution < -0.4 is 0 Å². The zero-order chi connectivity index (χ0) is 8.97. The van der Waals surface area contributed by atoms with E-state index in [1.54, 1.807) is 0 Å². The Morgan fingerprint density at radius 2 is 2.25 bits per heavy atom. The Hall–Kier alpha value is -0.0800. The van der Waals surface area contributed by atoms with Gasteiger partial charge in [0.25, 0.3) is 0 Å². The van der Waals surface area contributed by atoms with Gasteiger partial charge in [0.1, 0.15) is 0 Å². The normalized spacial score (nSPS) is 28.8. The molecule has 0 aromatic carbocycles. The topological polar surface area (TPSA) is 23.5 Å². The second-order valence-electron chi connectivity index (χ2n) is 4.06. The number of nitrogens with zero attached hydrogens (tertiary/aromatic N) is 1. The highest BCUT2D eigenvalue weighted by molar-refractivity contribution is 4.74. The molecule has 0 amide bonds. The molecule has 2 nitrogen and oxygen atoms in total. The van der Waals surface area contributed by atoms with E-state index < -0.39 is 0 Å². The molecule has 72 valence electrons. The lowest BCUT2D eigenvalue weighted by atomic mass is 9.97. The molecular weight excluding hydrogens is 150 g/mol. The SMILES string of the molecule is C[C@H](O)CCC1CCCCN1C. The summed E-state index contributed by atoms with van der Waals surface area (Å²) < 4.78 is 0. The van der Waals surface area contributed by atoms with E-state index in [1.165, 1.54) is 25.8 Å². The summed E-state index contributed by atoms with van der Waals surface area (Å²) in [7, 11) is 2.20. The van der Waals surface area contributed by atoms with Gasteiger partial charge in [0.15, 0.2) is 0 Å². The number of hydrogen-bond acceptors (Lipinski definition) is 2. The summed E-state index contributed by atoms with van der Waals surface area (Å²) in [5.74, 6) is 0. The van der Waals surface area contributed by atoms with Crippen LogP contribution in [-0.4, -0.2) is 35.7 Å². The van der Waals surface area contributed by atoms with Gasteiger partial charge in [0, 0.05) is 6.04 Å². The van der Waals surface area contributed by atoms with Crippen LogP contribution in [0.4, 0.5) is 0 Å². The Balaban J connectivity index is 2.20. The van der Waals surface area contributed by atoms with E-state index in [9.17, 15) is 0 Å². The Bertz CT molecular complexity index is 125. The summed E-state index contributed by atoms with van der Waals surface area (Å²) in [5.41, 5.74) is 0. The van der Waals surface area contributed by atoms with Crippen LogP contribution in [0.1, 0.15) is 39.0 Å². The zero-order valence-electron chi connectivity index (χ0n) is 8.29. The molecule has 1 heterocycles. The van der Waals surface area contributed by atoms with Gasteiger partial charge in [-0.15, -0.1) is 0 Å². The molecule has 2 heteroatoms.